The Bertz CT molecular complexity index is 429. The first-order valence-corrected chi connectivity index (χ1v) is 8.15. The second-order valence-corrected chi connectivity index (χ2v) is 5.59. The molecule has 0 saturated carbocycles. The molecular formula is C18H30FNO. The lowest BCUT2D eigenvalue weighted by Gasteiger charge is -2.40. The van der Waals surface area contributed by atoms with Crippen molar-refractivity contribution in [1.82, 2.24) is 5.32 Å². The number of rotatable bonds is 9. The predicted octanol–water partition coefficient (Wildman–Crippen LogP) is 4.25. The summed E-state index contributed by atoms with van der Waals surface area (Å²) in [6.07, 6.45) is 2.69. The second-order valence-electron chi connectivity index (χ2n) is 5.59. The van der Waals surface area contributed by atoms with Crippen LogP contribution in [-0.2, 0) is 11.2 Å². The first-order valence-electron chi connectivity index (χ1n) is 8.15. The molecule has 0 amide bonds. The summed E-state index contributed by atoms with van der Waals surface area (Å²) in [6.45, 7) is 12.1. The zero-order valence-corrected chi connectivity index (χ0v) is 14.1. The molecule has 120 valence electrons. The summed E-state index contributed by atoms with van der Waals surface area (Å²) in [5.74, 6) is -0.166. The van der Waals surface area contributed by atoms with Gasteiger partial charge in [0.05, 0.1) is 5.60 Å². The van der Waals surface area contributed by atoms with Gasteiger partial charge < -0.3 is 10.1 Å². The smallest absolute Gasteiger partial charge is 0.123 e. The Hall–Kier alpha value is -0.930. The zero-order valence-electron chi connectivity index (χ0n) is 14.1. The quantitative estimate of drug-likeness (QED) is 0.735. The van der Waals surface area contributed by atoms with Gasteiger partial charge in [-0.1, -0.05) is 26.8 Å². The maximum absolute atomic E-state index is 13.5. The number of likely N-dealkylation sites (N-methyl/N-ethyl adjacent to an activating group) is 1. The molecule has 1 rings (SSSR count). The monoisotopic (exact) mass is 295 g/mol. The first kappa shape index (κ1) is 18.1. The molecule has 1 aromatic rings. The molecular weight excluding hydrogens is 265 g/mol. The van der Waals surface area contributed by atoms with Crippen LogP contribution in [0.4, 0.5) is 4.39 Å². The molecule has 1 aromatic carbocycles. The fourth-order valence-electron chi connectivity index (χ4n) is 3.11. The molecule has 0 saturated heterocycles. The van der Waals surface area contributed by atoms with Crippen LogP contribution in [-0.4, -0.2) is 24.8 Å². The van der Waals surface area contributed by atoms with Crippen LogP contribution in [0, 0.1) is 12.7 Å². The molecule has 0 heterocycles. The van der Waals surface area contributed by atoms with Gasteiger partial charge in [0, 0.05) is 12.6 Å². The second kappa shape index (κ2) is 8.50. The Morgan fingerprint density at radius 2 is 1.86 bits per heavy atom. The molecule has 0 aromatic heterocycles. The van der Waals surface area contributed by atoms with Gasteiger partial charge in [0.2, 0.25) is 0 Å². The molecule has 0 spiro atoms. The number of benzene rings is 1. The topological polar surface area (TPSA) is 21.3 Å². The van der Waals surface area contributed by atoms with Gasteiger partial charge in [-0.05, 0) is 62.9 Å². The Kier molecular flexibility index (Phi) is 7.33. The fourth-order valence-corrected chi connectivity index (χ4v) is 3.11. The summed E-state index contributed by atoms with van der Waals surface area (Å²) in [5.41, 5.74) is 2.01. The van der Waals surface area contributed by atoms with Crippen LogP contribution in [0.1, 0.15) is 51.7 Å². The van der Waals surface area contributed by atoms with Crippen LogP contribution in [0.15, 0.2) is 18.2 Å². The normalized spacial score (nSPS) is 13.4. The van der Waals surface area contributed by atoms with Crippen LogP contribution >= 0.6 is 0 Å². The van der Waals surface area contributed by atoms with Crippen molar-refractivity contribution < 1.29 is 9.13 Å². The van der Waals surface area contributed by atoms with E-state index in [9.17, 15) is 4.39 Å². The van der Waals surface area contributed by atoms with Crippen molar-refractivity contribution in [2.45, 2.75) is 65.5 Å². The van der Waals surface area contributed by atoms with E-state index >= 15 is 0 Å². The summed E-state index contributed by atoms with van der Waals surface area (Å²) >= 11 is 0. The molecule has 0 aliphatic heterocycles. The largest absolute Gasteiger partial charge is 0.374 e. The van der Waals surface area contributed by atoms with Gasteiger partial charge in [-0.2, -0.15) is 0 Å². The van der Waals surface area contributed by atoms with Crippen LogP contribution in [0.5, 0.6) is 0 Å². The van der Waals surface area contributed by atoms with E-state index < -0.39 is 0 Å². The lowest BCUT2D eigenvalue weighted by atomic mass is 9.83. The minimum Gasteiger partial charge on any atom is -0.374 e. The molecule has 0 aliphatic carbocycles. The molecule has 1 N–H and O–H groups in total. The van der Waals surface area contributed by atoms with Gasteiger partial charge in [-0.3, -0.25) is 0 Å². The van der Waals surface area contributed by atoms with Gasteiger partial charge in [0.25, 0.3) is 0 Å². The highest BCUT2D eigenvalue weighted by Gasteiger charge is 2.36. The molecule has 0 radical (unpaired) electrons. The van der Waals surface area contributed by atoms with E-state index in [0.717, 1.165) is 36.9 Å². The molecule has 0 aliphatic rings. The van der Waals surface area contributed by atoms with E-state index in [1.807, 2.05) is 19.9 Å². The maximum atomic E-state index is 13.5. The maximum Gasteiger partial charge on any atom is 0.123 e. The minimum absolute atomic E-state index is 0.166. The SMILES string of the molecule is CCNC(Cc1cc(F)ccc1C)C(CC)(CC)OCC. The third-order valence-corrected chi connectivity index (χ3v) is 4.45. The Labute approximate surface area is 129 Å². The minimum atomic E-state index is -0.191. The lowest BCUT2D eigenvalue weighted by molar-refractivity contribution is -0.0716. The Balaban J connectivity index is 3.07. The summed E-state index contributed by atoms with van der Waals surface area (Å²) in [5, 5.41) is 3.56. The van der Waals surface area contributed by atoms with Crippen LogP contribution in [0.25, 0.3) is 0 Å². The van der Waals surface area contributed by atoms with Gasteiger partial charge >= 0.3 is 0 Å². The van der Waals surface area contributed by atoms with E-state index in [1.165, 1.54) is 6.07 Å². The molecule has 1 atom stereocenters. The molecule has 0 fully saturated rings. The van der Waals surface area contributed by atoms with Crippen LogP contribution in [0.3, 0.4) is 0 Å². The molecule has 2 nitrogen and oxygen atoms in total. The predicted molar refractivity (Wildman–Crippen MR) is 87.2 cm³/mol. The van der Waals surface area contributed by atoms with Gasteiger partial charge in [-0.15, -0.1) is 0 Å². The molecule has 1 unspecified atom stereocenters. The third-order valence-electron chi connectivity index (χ3n) is 4.45. The van der Waals surface area contributed by atoms with Crippen LogP contribution < -0.4 is 5.32 Å². The fraction of sp³-hybridized carbons (Fsp3) is 0.667. The lowest BCUT2D eigenvalue weighted by Crippen LogP contribution is -2.53. The van der Waals surface area contributed by atoms with E-state index in [2.05, 4.69) is 26.1 Å². The highest BCUT2D eigenvalue weighted by atomic mass is 19.1. The van der Waals surface area contributed by atoms with Gasteiger partial charge in [0.15, 0.2) is 0 Å². The summed E-state index contributed by atoms with van der Waals surface area (Å²) < 4.78 is 19.7. The summed E-state index contributed by atoms with van der Waals surface area (Å²) in [4.78, 5) is 0. The average molecular weight is 295 g/mol. The molecule has 0 bridgehead atoms. The summed E-state index contributed by atoms with van der Waals surface area (Å²) in [7, 11) is 0. The van der Waals surface area contributed by atoms with E-state index in [-0.39, 0.29) is 17.5 Å². The number of aryl methyl sites for hydroxylation is 1. The van der Waals surface area contributed by atoms with Crippen molar-refractivity contribution >= 4 is 0 Å². The zero-order chi connectivity index (χ0) is 15.9. The first-order chi connectivity index (χ1) is 10.0. The number of hydrogen-bond donors (Lipinski definition) is 1. The highest BCUT2D eigenvalue weighted by molar-refractivity contribution is 5.28. The van der Waals surface area contributed by atoms with Crippen molar-refractivity contribution in [3.8, 4) is 0 Å². The molecule has 21 heavy (non-hydrogen) atoms. The van der Waals surface area contributed by atoms with Gasteiger partial charge in [0.1, 0.15) is 5.82 Å². The third kappa shape index (κ3) is 4.52. The highest BCUT2D eigenvalue weighted by Crippen LogP contribution is 2.28. The number of ether oxygens (including phenoxy) is 1. The number of nitrogens with one attached hydrogen (secondary N) is 1. The Morgan fingerprint density at radius 3 is 2.38 bits per heavy atom. The standard InChI is InChI=1S/C18H30FNO/c1-6-18(7-2,21-9-4)17(20-8-3)13-15-12-16(19)11-10-14(15)5/h10-12,17,20H,6-9,13H2,1-5H3. The van der Waals surface area contributed by atoms with Crippen molar-refractivity contribution in [3.05, 3.63) is 35.1 Å². The van der Waals surface area contributed by atoms with Gasteiger partial charge in [-0.25, -0.2) is 4.39 Å². The Morgan fingerprint density at radius 1 is 1.19 bits per heavy atom. The van der Waals surface area contributed by atoms with Crippen LogP contribution in [0.2, 0.25) is 0 Å². The summed E-state index contributed by atoms with van der Waals surface area (Å²) in [6, 6.07) is 5.23. The van der Waals surface area contributed by atoms with Crippen molar-refractivity contribution in [2.75, 3.05) is 13.2 Å². The number of halogens is 1. The molecule has 3 heteroatoms. The number of hydrogen-bond acceptors (Lipinski definition) is 2. The van der Waals surface area contributed by atoms with Crippen molar-refractivity contribution in [2.24, 2.45) is 0 Å². The van der Waals surface area contributed by atoms with Crippen molar-refractivity contribution in [1.29, 1.82) is 0 Å². The van der Waals surface area contributed by atoms with E-state index in [0.29, 0.717) is 6.61 Å². The van der Waals surface area contributed by atoms with E-state index in [1.54, 1.807) is 6.07 Å². The van der Waals surface area contributed by atoms with Crippen molar-refractivity contribution in [3.63, 3.8) is 0 Å². The average Bonchev–Trinajstić information content (AvgIpc) is 2.48. The van der Waals surface area contributed by atoms with E-state index in [4.69, 9.17) is 4.74 Å².